The predicted molar refractivity (Wildman–Crippen MR) is 140 cm³/mol. The standard InChI is InChI=1S/C27H33N3O4S/c1-18-22(16-20-10-8-7-9-11-20)26(32)30(4)27(28-18)35-19(2)25(31)29(3)15-14-21-12-13-23(33-5)24(17-21)34-6/h7-13,17,19H,14-16H2,1-6H3. The molecule has 0 fully saturated rings. The highest BCUT2D eigenvalue weighted by Crippen LogP contribution is 2.28. The van der Waals surface area contributed by atoms with Gasteiger partial charge in [0.1, 0.15) is 0 Å². The van der Waals surface area contributed by atoms with Gasteiger partial charge in [-0.3, -0.25) is 14.2 Å². The van der Waals surface area contributed by atoms with Crippen molar-refractivity contribution < 1.29 is 14.3 Å². The highest BCUT2D eigenvalue weighted by molar-refractivity contribution is 8.00. The number of aromatic nitrogens is 2. The van der Waals surface area contributed by atoms with Crippen molar-refractivity contribution in [1.29, 1.82) is 0 Å². The van der Waals surface area contributed by atoms with Crippen LogP contribution in [0.1, 0.15) is 29.3 Å². The second kappa shape index (κ2) is 11.9. The fourth-order valence-corrected chi connectivity index (χ4v) is 4.83. The molecule has 0 radical (unpaired) electrons. The molecule has 3 rings (SSSR count). The minimum absolute atomic E-state index is 0.0178. The van der Waals surface area contributed by atoms with Crippen molar-refractivity contribution in [3.05, 3.63) is 81.3 Å². The molecule has 1 amide bonds. The second-order valence-corrected chi connectivity index (χ2v) is 9.75. The van der Waals surface area contributed by atoms with E-state index < -0.39 is 0 Å². The number of benzene rings is 2. The lowest BCUT2D eigenvalue weighted by molar-refractivity contribution is -0.129. The number of rotatable bonds is 10. The van der Waals surface area contributed by atoms with Gasteiger partial charge in [-0.1, -0.05) is 48.2 Å². The van der Waals surface area contributed by atoms with Crippen molar-refractivity contribution >= 4 is 17.7 Å². The summed E-state index contributed by atoms with van der Waals surface area (Å²) < 4.78 is 12.2. The maximum atomic E-state index is 13.1. The highest BCUT2D eigenvalue weighted by atomic mass is 32.2. The van der Waals surface area contributed by atoms with E-state index in [-0.39, 0.29) is 16.7 Å². The van der Waals surface area contributed by atoms with Gasteiger partial charge in [-0.05, 0) is 43.5 Å². The monoisotopic (exact) mass is 495 g/mol. The molecule has 7 nitrogen and oxygen atoms in total. The number of thioether (sulfide) groups is 1. The topological polar surface area (TPSA) is 73.7 Å². The van der Waals surface area contributed by atoms with E-state index in [0.717, 1.165) is 11.1 Å². The van der Waals surface area contributed by atoms with Crippen LogP contribution < -0.4 is 15.0 Å². The van der Waals surface area contributed by atoms with Crippen LogP contribution in [0.4, 0.5) is 0 Å². The summed E-state index contributed by atoms with van der Waals surface area (Å²) in [5.41, 5.74) is 3.41. The van der Waals surface area contributed by atoms with Crippen LogP contribution in [-0.2, 0) is 24.7 Å². The van der Waals surface area contributed by atoms with Crippen LogP contribution in [0, 0.1) is 6.92 Å². The molecule has 0 bridgehead atoms. The average molecular weight is 496 g/mol. The van der Waals surface area contributed by atoms with E-state index in [9.17, 15) is 9.59 Å². The third kappa shape index (κ3) is 6.45. The second-order valence-electron chi connectivity index (χ2n) is 8.44. The maximum absolute atomic E-state index is 13.1. The molecule has 3 aromatic rings. The van der Waals surface area contributed by atoms with E-state index in [1.54, 1.807) is 37.8 Å². The summed E-state index contributed by atoms with van der Waals surface area (Å²) in [7, 11) is 6.71. The molecule has 0 aliphatic rings. The Kier molecular flexibility index (Phi) is 8.98. The maximum Gasteiger partial charge on any atom is 0.257 e. The zero-order valence-corrected chi connectivity index (χ0v) is 22.0. The minimum atomic E-state index is -0.386. The summed E-state index contributed by atoms with van der Waals surface area (Å²) in [6, 6.07) is 15.6. The third-order valence-electron chi connectivity index (χ3n) is 5.96. The molecule has 0 spiro atoms. The van der Waals surface area contributed by atoms with Crippen molar-refractivity contribution in [3.8, 4) is 11.5 Å². The molecule has 1 atom stereocenters. The molecule has 186 valence electrons. The Balaban J connectivity index is 1.66. The summed E-state index contributed by atoms with van der Waals surface area (Å²) in [6.07, 6.45) is 1.22. The summed E-state index contributed by atoms with van der Waals surface area (Å²) >= 11 is 1.31. The lowest BCUT2D eigenvalue weighted by atomic mass is 10.1. The van der Waals surface area contributed by atoms with E-state index in [1.165, 1.54) is 11.8 Å². The molecule has 0 aliphatic carbocycles. The van der Waals surface area contributed by atoms with Gasteiger partial charge in [0.05, 0.1) is 19.5 Å². The predicted octanol–water partition coefficient (Wildman–Crippen LogP) is 3.88. The Hall–Kier alpha value is -3.26. The minimum Gasteiger partial charge on any atom is -0.493 e. The lowest BCUT2D eigenvalue weighted by Crippen LogP contribution is -2.35. The lowest BCUT2D eigenvalue weighted by Gasteiger charge is -2.22. The highest BCUT2D eigenvalue weighted by Gasteiger charge is 2.22. The molecule has 1 aromatic heterocycles. The van der Waals surface area contributed by atoms with Crippen LogP contribution in [0.5, 0.6) is 11.5 Å². The third-order valence-corrected chi connectivity index (χ3v) is 7.09. The Morgan fingerprint density at radius 1 is 1.09 bits per heavy atom. The zero-order chi connectivity index (χ0) is 25.5. The Labute approximate surface area is 211 Å². The molecule has 0 saturated heterocycles. The number of hydrogen-bond donors (Lipinski definition) is 0. The van der Waals surface area contributed by atoms with Gasteiger partial charge >= 0.3 is 0 Å². The van der Waals surface area contributed by atoms with Crippen LogP contribution in [0.15, 0.2) is 58.5 Å². The quantitative estimate of drug-likeness (QED) is 0.314. The first kappa shape index (κ1) is 26.3. The number of nitrogens with zero attached hydrogens (tertiary/aromatic N) is 3. The van der Waals surface area contributed by atoms with Crippen LogP contribution in [-0.4, -0.2) is 53.4 Å². The van der Waals surface area contributed by atoms with Gasteiger partial charge in [0.2, 0.25) is 5.91 Å². The number of carbonyl (C=O) groups excluding carboxylic acids is 1. The average Bonchev–Trinajstić information content (AvgIpc) is 2.88. The van der Waals surface area contributed by atoms with Gasteiger partial charge in [-0.2, -0.15) is 0 Å². The molecule has 0 aliphatic heterocycles. The van der Waals surface area contributed by atoms with Gasteiger partial charge in [-0.25, -0.2) is 4.98 Å². The van der Waals surface area contributed by atoms with Gasteiger partial charge in [-0.15, -0.1) is 0 Å². The van der Waals surface area contributed by atoms with Crippen LogP contribution in [0.25, 0.3) is 0 Å². The molecule has 35 heavy (non-hydrogen) atoms. The van der Waals surface area contributed by atoms with Crippen LogP contribution >= 0.6 is 11.8 Å². The summed E-state index contributed by atoms with van der Waals surface area (Å²) in [4.78, 5) is 32.5. The molecular formula is C27H33N3O4S. The summed E-state index contributed by atoms with van der Waals surface area (Å²) in [5, 5.41) is 0.154. The van der Waals surface area contributed by atoms with E-state index >= 15 is 0 Å². The summed E-state index contributed by atoms with van der Waals surface area (Å²) in [5.74, 6) is 1.32. The molecule has 8 heteroatoms. The fourth-order valence-electron chi connectivity index (χ4n) is 3.80. The van der Waals surface area contributed by atoms with Crippen molar-refractivity contribution in [2.24, 2.45) is 7.05 Å². The number of ether oxygens (including phenoxy) is 2. The van der Waals surface area contributed by atoms with Crippen molar-refractivity contribution in [2.75, 3.05) is 27.8 Å². The number of amides is 1. The van der Waals surface area contributed by atoms with E-state index in [1.807, 2.05) is 62.4 Å². The van der Waals surface area contributed by atoms with E-state index in [4.69, 9.17) is 9.47 Å². The molecule has 0 N–H and O–H groups in total. The number of likely N-dealkylation sites (N-methyl/N-ethyl adjacent to an activating group) is 1. The SMILES string of the molecule is COc1ccc(CCN(C)C(=O)C(C)Sc2nc(C)c(Cc3ccccc3)c(=O)n2C)cc1OC. The molecule has 1 heterocycles. The fraction of sp³-hybridized carbons (Fsp3) is 0.370. The number of methoxy groups -OCH3 is 2. The molecule has 2 aromatic carbocycles. The smallest absolute Gasteiger partial charge is 0.257 e. The largest absolute Gasteiger partial charge is 0.493 e. The summed E-state index contributed by atoms with van der Waals surface area (Å²) in [6.45, 7) is 4.26. The van der Waals surface area contributed by atoms with Gasteiger partial charge in [0, 0.05) is 38.3 Å². The number of aryl methyl sites for hydroxylation is 1. The first-order valence-electron chi connectivity index (χ1n) is 11.5. The molecule has 0 saturated carbocycles. The van der Waals surface area contributed by atoms with Gasteiger partial charge in [0.25, 0.3) is 5.56 Å². The normalized spacial score (nSPS) is 11.7. The van der Waals surface area contributed by atoms with Crippen LogP contribution in [0.2, 0.25) is 0 Å². The zero-order valence-electron chi connectivity index (χ0n) is 21.2. The Bertz CT molecular complexity index is 1230. The Morgan fingerprint density at radius 2 is 1.77 bits per heavy atom. The van der Waals surface area contributed by atoms with Crippen molar-refractivity contribution in [1.82, 2.24) is 14.5 Å². The van der Waals surface area contributed by atoms with E-state index in [2.05, 4.69) is 4.98 Å². The number of carbonyl (C=O) groups is 1. The van der Waals surface area contributed by atoms with Crippen LogP contribution in [0.3, 0.4) is 0 Å². The molecule has 1 unspecified atom stereocenters. The first-order valence-corrected chi connectivity index (χ1v) is 12.4. The first-order chi connectivity index (χ1) is 16.7. The van der Waals surface area contributed by atoms with E-state index in [0.29, 0.717) is 47.3 Å². The number of hydrogen-bond acceptors (Lipinski definition) is 6. The molecular weight excluding hydrogens is 462 g/mol. The van der Waals surface area contributed by atoms with Gasteiger partial charge in [0.15, 0.2) is 16.7 Å². The Morgan fingerprint density at radius 3 is 2.43 bits per heavy atom. The van der Waals surface area contributed by atoms with Gasteiger partial charge < -0.3 is 14.4 Å². The van der Waals surface area contributed by atoms with Crippen molar-refractivity contribution in [2.45, 2.75) is 37.1 Å². The van der Waals surface area contributed by atoms with Crippen molar-refractivity contribution in [3.63, 3.8) is 0 Å².